The number of aryl methyl sites for hydroxylation is 1. The van der Waals surface area contributed by atoms with Crippen LogP contribution < -0.4 is 0 Å². The first kappa shape index (κ1) is 10.7. The van der Waals surface area contributed by atoms with Crippen LogP contribution in [0.5, 0.6) is 0 Å². The number of hydrogen-bond acceptors (Lipinski definition) is 2. The molecule has 0 aliphatic carbocycles. The van der Waals surface area contributed by atoms with Gasteiger partial charge in [-0.05, 0) is 19.4 Å². The van der Waals surface area contributed by atoms with Crippen molar-refractivity contribution >= 4 is 5.97 Å². The molecule has 2 N–H and O–H groups in total. The van der Waals surface area contributed by atoms with E-state index in [1.165, 1.54) is 6.92 Å². The van der Waals surface area contributed by atoms with Crippen molar-refractivity contribution in [3.8, 4) is 0 Å². The summed E-state index contributed by atoms with van der Waals surface area (Å²) in [5, 5.41) is 18.2. The van der Waals surface area contributed by atoms with Crippen LogP contribution in [0.2, 0.25) is 0 Å². The molecule has 1 atom stereocenters. The Bertz CT molecular complexity index is 325. The molecule has 3 nitrogen and oxygen atoms in total. The van der Waals surface area contributed by atoms with Crippen molar-refractivity contribution in [2.45, 2.75) is 25.9 Å². The molecule has 1 aromatic carbocycles. The van der Waals surface area contributed by atoms with Gasteiger partial charge in [-0.3, -0.25) is 0 Å². The molecule has 0 spiro atoms. The van der Waals surface area contributed by atoms with E-state index in [1.807, 2.05) is 31.2 Å². The molecule has 76 valence electrons. The molecule has 0 aromatic heterocycles. The van der Waals surface area contributed by atoms with Crippen LogP contribution in [0.4, 0.5) is 0 Å². The number of carbonyl (C=O) groups is 1. The molecule has 0 aliphatic heterocycles. The maximum Gasteiger partial charge on any atom is 0.335 e. The van der Waals surface area contributed by atoms with Crippen LogP contribution in [-0.4, -0.2) is 21.8 Å². The van der Waals surface area contributed by atoms with Crippen molar-refractivity contribution in [2.75, 3.05) is 0 Å². The Morgan fingerprint density at radius 2 is 1.86 bits per heavy atom. The maximum absolute atomic E-state index is 10.6. The second kappa shape index (κ2) is 3.80. The van der Waals surface area contributed by atoms with Gasteiger partial charge < -0.3 is 10.2 Å². The van der Waals surface area contributed by atoms with Crippen molar-refractivity contribution in [1.82, 2.24) is 0 Å². The molecule has 0 saturated heterocycles. The van der Waals surface area contributed by atoms with Crippen molar-refractivity contribution in [2.24, 2.45) is 0 Å². The van der Waals surface area contributed by atoms with Crippen LogP contribution in [0.15, 0.2) is 24.3 Å². The molecule has 0 aliphatic rings. The summed E-state index contributed by atoms with van der Waals surface area (Å²) in [4.78, 5) is 10.6. The highest BCUT2D eigenvalue weighted by molar-refractivity contribution is 5.76. The molecule has 0 heterocycles. The summed E-state index contributed by atoms with van der Waals surface area (Å²) in [7, 11) is 0. The van der Waals surface area contributed by atoms with Crippen LogP contribution in [0.3, 0.4) is 0 Å². The largest absolute Gasteiger partial charge is 0.479 e. The highest BCUT2D eigenvalue weighted by Crippen LogP contribution is 2.13. The van der Waals surface area contributed by atoms with E-state index in [0.717, 1.165) is 11.1 Å². The third kappa shape index (κ3) is 2.57. The molecule has 1 unspecified atom stereocenters. The van der Waals surface area contributed by atoms with Gasteiger partial charge in [0.15, 0.2) is 5.60 Å². The van der Waals surface area contributed by atoms with Crippen LogP contribution >= 0.6 is 0 Å². The molecule has 14 heavy (non-hydrogen) atoms. The van der Waals surface area contributed by atoms with E-state index >= 15 is 0 Å². The monoisotopic (exact) mass is 194 g/mol. The Morgan fingerprint density at radius 1 is 1.36 bits per heavy atom. The lowest BCUT2D eigenvalue weighted by atomic mass is 9.96. The average molecular weight is 194 g/mol. The summed E-state index contributed by atoms with van der Waals surface area (Å²) in [5.41, 5.74) is 0.252. The van der Waals surface area contributed by atoms with Crippen molar-refractivity contribution in [1.29, 1.82) is 0 Å². The van der Waals surface area contributed by atoms with Gasteiger partial charge in [-0.1, -0.05) is 29.8 Å². The third-order valence-electron chi connectivity index (χ3n) is 2.13. The van der Waals surface area contributed by atoms with Gasteiger partial charge in [0.05, 0.1) is 0 Å². The smallest absolute Gasteiger partial charge is 0.335 e. The zero-order chi connectivity index (χ0) is 10.8. The summed E-state index contributed by atoms with van der Waals surface area (Å²) >= 11 is 0. The summed E-state index contributed by atoms with van der Waals surface area (Å²) in [6, 6.07) is 7.44. The Morgan fingerprint density at radius 3 is 2.29 bits per heavy atom. The van der Waals surface area contributed by atoms with Gasteiger partial charge in [-0.25, -0.2) is 4.79 Å². The topological polar surface area (TPSA) is 57.5 Å². The van der Waals surface area contributed by atoms with Crippen LogP contribution in [0.25, 0.3) is 0 Å². The van der Waals surface area contributed by atoms with E-state index in [0.29, 0.717) is 0 Å². The van der Waals surface area contributed by atoms with Gasteiger partial charge in [0.1, 0.15) is 0 Å². The van der Waals surface area contributed by atoms with Gasteiger partial charge >= 0.3 is 5.97 Å². The normalized spacial score (nSPS) is 14.8. The van der Waals surface area contributed by atoms with E-state index < -0.39 is 11.6 Å². The van der Waals surface area contributed by atoms with Gasteiger partial charge in [0.2, 0.25) is 0 Å². The lowest BCUT2D eigenvalue weighted by molar-refractivity contribution is -0.156. The molecule has 1 rings (SSSR count). The van der Waals surface area contributed by atoms with Crippen LogP contribution in [0.1, 0.15) is 18.1 Å². The summed E-state index contributed by atoms with van der Waals surface area (Å²) in [5.74, 6) is -1.20. The minimum atomic E-state index is -1.69. The molecule has 1 aromatic rings. The standard InChI is InChI=1S/C11H14O3/c1-8-3-5-9(6-4-8)7-11(2,14)10(12)13/h3-6,14H,7H2,1-2H3,(H,12,13). The first-order valence-corrected chi connectivity index (χ1v) is 4.43. The van der Waals surface area contributed by atoms with Gasteiger partial charge in [0.25, 0.3) is 0 Å². The molecule has 0 bridgehead atoms. The van der Waals surface area contributed by atoms with Crippen LogP contribution in [0, 0.1) is 6.92 Å². The number of rotatable bonds is 3. The Balaban J connectivity index is 2.79. The van der Waals surface area contributed by atoms with E-state index in [-0.39, 0.29) is 6.42 Å². The summed E-state index contributed by atoms with van der Waals surface area (Å²) < 4.78 is 0. The minimum absolute atomic E-state index is 0.128. The van der Waals surface area contributed by atoms with Crippen molar-refractivity contribution in [3.05, 3.63) is 35.4 Å². The molecule has 3 heteroatoms. The first-order valence-electron chi connectivity index (χ1n) is 4.43. The predicted octanol–water partition coefficient (Wildman–Crippen LogP) is 1.37. The lowest BCUT2D eigenvalue weighted by Crippen LogP contribution is -2.37. The zero-order valence-corrected chi connectivity index (χ0v) is 8.32. The second-order valence-corrected chi connectivity index (χ2v) is 3.74. The van der Waals surface area contributed by atoms with E-state index in [4.69, 9.17) is 5.11 Å². The number of aliphatic hydroxyl groups is 1. The lowest BCUT2D eigenvalue weighted by Gasteiger charge is -2.17. The van der Waals surface area contributed by atoms with Gasteiger partial charge in [0, 0.05) is 6.42 Å². The summed E-state index contributed by atoms with van der Waals surface area (Å²) in [6.45, 7) is 3.26. The highest BCUT2D eigenvalue weighted by Gasteiger charge is 2.29. The number of carboxylic acids is 1. The highest BCUT2D eigenvalue weighted by atomic mass is 16.4. The third-order valence-corrected chi connectivity index (χ3v) is 2.13. The number of aliphatic carboxylic acids is 1. The zero-order valence-electron chi connectivity index (χ0n) is 8.32. The Hall–Kier alpha value is -1.35. The van der Waals surface area contributed by atoms with Gasteiger partial charge in [-0.2, -0.15) is 0 Å². The van der Waals surface area contributed by atoms with E-state index in [9.17, 15) is 9.90 Å². The average Bonchev–Trinajstić information content (AvgIpc) is 2.08. The molecule has 0 fully saturated rings. The second-order valence-electron chi connectivity index (χ2n) is 3.74. The molecular formula is C11H14O3. The predicted molar refractivity (Wildman–Crippen MR) is 53.1 cm³/mol. The number of benzene rings is 1. The van der Waals surface area contributed by atoms with Crippen molar-refractivity contribution < 1.29 is 15.0 Å². The van der Waals surface area contributed by atoms with E-state index in [2.05, 4.69) is 0 Å². The quantitative estimate of drug-likeness (QED) is 0.764. The van der Waals surface area contributed by atoms with Gasteiger partial charge in [-0.15, -0.1) is 0 Å². The first-order chi connectivity index (χ1) is 6.42. The Kier molecular flexibility index (Phi) is 2.91. The number of hydrogen-bond donors (Lipinski definition) is 2. The Labute approximate surface area is 83.0 Å². The van der Waals surface area contributed by atoms with Crippen LogP contribution in [-0.2, 0) is 11.2 Å². The minimum Gasteiger partial charge on any atom is -0.479 e. The fourth-order valence-corrected chi connectivity index (χ4v) is 1.18. The molecule has 0 amide bonds. The maximum atomic E-state index is 10.6. The van der Waals surface area contributed by atoms with Crippen molar-refractivity contribution in [3.63, 3.8) is 0 Å². The van der Waals surface area contributed by atoms with E-state index in [1.54, 1.807) is 0 Å². The molecule has 0 saturated carbocycles. The molecular weight excluding hydrogens is 180 g/mol. The summed E-state index contributed by atoms with van der Waals surface area (Å²) in [6.07, 6.45) is 0.128. The number of carboxylic acid groups (broad SMARTS) is 1. The fourth-order valence-electron chi connectivity index (χ4n) is 1.18. The molecule has 0 radical (unpaired) electrons. The SMILES string of the molecule is Cc1ccc(CC(C)(O)C(=O)O)cc1. The fraction of sp³-hybridized carbons (Fsp3) is 0.364.